The standard InChI is InChI=1S/C6H12N4O3/c1-6(2,13)4(3-8-10-7)9-5(11)12/h4,9,13H,3H2,1-2H3,(H,11,12). The second-order valence-electron chi connectivity index (χ2n) is 3.07. The molecule has 0 radical (unpaired) electrons. The molecule has 7 heteroatoms. The Bertz CT molecular complexity index is 225. The number of azide groups is 1. The summed E-state index contributed by atoms with van der Waals surface area (Å²) in [7, 11) is 0. The monoisotopic (exact) mass is 188 g/mol. The lowest BCUT2D eigenvalue weighted by molar-refractivity contribution is 0.0409. The zero-order valence-electron chi connectivity index (χ0n) is 7.43. The Labute approximate surface area is 75.0 Å². The van der Waals surface area contributed by atoms with Gasteiger partial charge in [-0.25, -0.2) is 4.79 Å². The molecule has 0 saturated carbocycles. The molecule has 0 rings (SSSR count). The van der Waals surface area contributed by atoms with Crippen molar-refractivity contribution in [1.29, 1.82) is 0 Å². The average molecular weight is 188 g/mol. The third kappa shape index (κ3) is 4.89. The Kier molecular flexibility index (Phi) is 4.03. The Morgan fingerprint density at radius 1 is 1.77 bits per heavy atom. The second-order valence-corrected chi connectivity index (χ2v) is 3.07. The van der Waals surface area contributed by atoms with E-state index in [-0.39, 0.29) is 6.54 Å². The Morgan fingerprint density at radius 2 is 2.31 bits per heavy atom. The first-order valence-corrected chi connectivity index (χ1v) is 3.60. The molecule has 0 aromatic carbocycles. The minimum absolute atomic E-state index is 0.119. The summed E-state index contributed by atoms with van der Waals surface area (Å²) in [4.78, 5) is 12.7. The number of hydrogen-bond donors (Lipinski definition) is 3. The molecule has 74 valence electrons. The molecule has 1 atom stereocenters. The molecule has 0 aliphatic heterocycles. The SMILES string of the molecule is CC(C)(O)C(CN=[N+]=[N-])NC(=O)O. The maximum absolute atomic E-state index is 10.3. The molecule has 7 nitrogen and oxygen atoms in total. The van der Waals surface area contributed by atoms with E-state index in [0.717, 1.165) is 0 Å². The third-order valence-electron chi connectivity index (χ3n) is 1.48. The minimum Gasteiger partial charge on any atom is -0.465 e. The molecule has 0 spiro atoms. The Morgan fingerprint density at radius 3 is 2.62 bits per heavy atom. The number of nitrogens with one attached hydrogen (secondary N) is 1. The van der Waals surface area contributed by atoms with Gasteiger partial charge in [-0.15, -0.1) is 0 Å². The topological polar surface area (TPSA) is 118 Å². The number of rotatable bonds is 4. The van der Waals surface area contributed by atoms with Gasteiger partial charge in [0.1, 0.15) is 0 Å². The number of aliphatic hydroxyl groups is 1. The zero-order chi connectivity index (χ0) is 10.5. The van der Waals surface area contributed by atoms with Crippen LogP contribution in [0.2, 0.25) is 0 Å². The first-order chi connectivity index (χ1) is 5.88. The van der Waals surface area contributed by atoms with Gasteiger partial charge in [0.05, 0.1) is 11.6 Å². The molecule has 3 N–H and O–H groups in total. The summed E-state index contributed by atoms with van der Waals surface area (Å²) < 4.78 is 0. The smallest absolute Gasteiger partial charge is 0.404 e. The number of carbonyl (C=O) groups is 1. The maximum Gasteiger partial charge on any atom is 0.404 e. The molecule has 1 unspecified atom stereocenters. The minimum atomic E-state index is -1.26. The van der Waals surface area contributed by atoms with Crippen LogP contribution in [0.3, 0.4) is 0 Å². The van der Waals surface area contributed by atoms with Crippen molar-refractivity contribution in [3.8, 4) is 0 Å². The van der Waals surface area contributed by atoms with Gasteiger partial charge in [0.25, 0.3) is 0 Å². The van der Waals surface area contributed by atoms with E-state index in [0.29, 0.717) is 0 Å². The van der Waals surface area contributed by atoms with Crippen molar-refractivity contribution in [2.24, 2.45) is 5.11 Å². The van der Waals surface area contributed by atoms with E-state index in [1.54, 1.807) is 0 Å². The molecule has 0 aromatic heterocycles. The van der Waals surface area contributed by atoms with E-state index in [1.165, 1.54) is 13.8 Å². The number of amides is 1. The molecule has 0 aromatic rings. The fourth-order valence-corrected chi connectivity index (χ4v) is 0.713. The van der Waals surface area contributed by atoms with E-state index in [9.17, 15) is 9.90 Å². The predicted octanol–water partition coefficient (Wildman–Crippen LogP) is 0.704. The van der Waals surface area contributed by atoms with Crippen LogP contribution in [-0.4, -0.2) is 34.5 Å². The molecular formula is C6H12N4O3. The van der Waals surface area contributed by atoms with Crippen LogP contribution in [0.25, 0.3) is 10.4 Å². The van der Waals surface area contributed by atoms with Gasteiger partial charge in [-0.3, -0.25) is 0 Å². The summed E-state index contributed by atoms with van der Waals surface area (Å²) in [5.74, 6) is 0. The van der Waals surface area contributed by atoms with Gasteiger partial charge in [0.2, 0.25) is 0 Å². The average Bonchev–Trinajstić information content (AvgIpc) is 1.95. The number of hydrogen-bond acceptors (Lipinski definition) is 3. The number of carboxylic acid groups (broad SMARTS) is 1. The summed E-state index contributed by atoms with van der Waals surface area (Å²) >= 11 is 0. The summed E-state index contributed by atoms with van der Waals surface area (Å²) in [6, 6.07) is -0.805. The van der Waals surface area contributed by atoms with Crippen LogP contribution >= 0.6 is 0 Å². The highest BCUT2D eigenvalue weighted by Crippen LogP contribution is 2.08. The van der Waals surface area contributed by atoms with Crippen molar-refractivity contribution in [2.75, 3.05) is 6.54 Å². The van der Waals surface area contributed by atoms with E-state index in [2.05, 4.69) is 15.3 Å². The van der Waals surface area contributed by atoms with Crippen LogP contribution in [0.1, 0.15) is 13.8 Å². The normalized spacial score (nSPS) is 12.8. The molecule has 1 amide bonds. The molecule has 0 aliphatic rings. The first-order valence-electron chi connectivity index (χ1n) is 3.60. The van der Waals surface area contributed by atoms with Gasteiger partial charge in [-0.1, -0.05) is 5.11 Å². The van der Waals surface area contributed by atoms with E-state index >= 15 is 0 Å². The van der Waals surface area contributed by atoms with Crippen LogP contribution in [0.5, 0.6) is 0 Å². The van der Waals surface area contributed by atoms with E-state index < -0.39 is 17.7 Å². The first kappa shape index (κ1) is 11.5. The molecule has 13 heavy (non-hydrogen) atoms. The van der Waals surface area contributed by atoms with Crippen LogP contribution < -0.4 is 5.32 Å². The van der Waals surface area contributed by atoms with Crippen molar-refractivity contribution in [1.82, 2.24) is 5.32 Å². The summed E-state index contributed by atoms with van der Waals surface area (Å²) in [5, 5.41) is 23.1. The highest BCUT2D eigenvalue weighted by Gasteiger charge is 2.27. The highest BCUT2D eigenvalue weighted by atomic mass is 16.4. The zero-order valence-corrected chi connectivity index (χ0v) is 7.43. The van der Waals surface area contributed by atoms with Gasteiger partial charge >= 0.3 is 6.09 Å². The van der Waals surface area contributed by atoms with Crippen molar-refractivity contribution in [2.45, 2.75) is 25.5 Å². The van der Waals surface area contributed by atoms with Gasteiger partial charge in [-0.2, -0.15) is 0 Å². The summed E-state index contributed by atoms with van der Waals surface area (Å²) in [6.45, 7) is 2.74. The Balaban J connectivity index is 4.36. The van der Waals surface area contributed by atoms with Crippen LogP contribution in [0.4, 0.5) is 4.79 Å². The van der Waals surface area contributed by atoms with Crippen molar-refractivity contribution in [3.05, 3.63) is 10.4 Å². The maximum atomic E-state index is 10.3. The molecule has 0 bridgehead atoms. The molecular weight excluding hydrogens is 176 g/mol. The summed E-state index contributed by atoms with van der Waals surface area (Å²) in [6.07, 6.45) is -1.26. The lowest BCUT2D eigenvalue weighted by Crippen LogP contribution is -2.50. The van der Waals surface area contributed by atoms with Crippen molar-refractivity contribution in [3.63, 3.8) is 0 Å². The summed E-state index contributed by atoms with van der Waals surface area (Å²) in [5.41, 5.74) is 6.76. The molecule has 0 saturated heterocycles. The largest absolute Gasteiger partial charge is 0.465 e. The van der Waals surface area contributed by atoms with Crippen LogP contribution in [0, 0.1) is 0 Å². The van der Waals surface area contributed by atoms with Crippen LogP contribution in [-0.2, 0) is 0 Å². The molecule has 0 fully saturated rings. The fourth-order valence-electron chi connectivity index (χ4n) is 0.713. The second kappa shape index (κ2) is 4.54. The van der Waals surface area contributed by atoms with Gasteiger partial charge in [0.15, 0.2) is 0 Å². The number of nitrogens with zero attached hydrogens (tertiary/aromatic N) is 3. The third-order valence-corrected chi connectivity index (χ3v) is 1.48. The van der Waals surface area contributed by atoms with Crippen molar-refractivity contribution < 1.29 is 15.0 Å². The lowest BCUT2D eigenvalue weighted by atomic mass is 9.99. The van der Waals surface area contributed by atoms with E-state index in [1.807, 2.05) is 0 Å². The Hall–Kier alpha value is -1.46. The predicted molar refractivity (Wildman–Crippen MR) is 45.3 cm³/mol. The van der Waals surface area contributed by atoms with Crippen LogP contribution in [0.15, 0.2) is 5.11 Å². The fraction of sp³-hybridized carbons (Fsp3) is 0.833. The van der Waals surface area contributed by atoms with E-state index in [4.69, 9.17) is 10.6 Å². The lowest BCUT2D eigenvalue weighted by Gasteiger charge is -2.27. The molecule has 0 aliphatic carbocycles. The molecule has 0 heterocycles. The van der Waals surface area contributed by atoms with Gasteiger partial charge < -0.3 is 15.5 Å². The quantitative estimate of drug-likeness (QED) is 0.342. The van der Waals surface area contributed by atoms with Gasteiger partial charge in [-0.05, 0) is 19.4 Å². The van der Waals surface area contributed by atoms with Gasteiger partial charge in [0, 0.05) is 11.5 Å². The highest BCUT2D eigenvalue weighted by molar-refractivity contribution is 5.65. The van der Waals surface area contributed by atoms with Crippen molar-refractivity contribution >= 4 is 6.09 Å².